The van der Waals surface area contributed by atoms with Crippen LogP contribution in [0.15, 0.2) is 91.0 Å². The summed E-state index contributed by atoms with van der Waals surface area (Å²) in [5.41, 5.74) is 13.9. The van der Waals surface area contributed by atoms with Crippen molar-refractivity contribution in [2.75, 3.05) is 7.11 Å². The Kier molecular flexibility index (Phi) is 21.5. The second-order valence-electron chi connectivity index (χ2n) is 27.9. The third-order valence-electron chi connectivity index (χ3n) is 19.2. The zero-order valence-electron chi connectivity index (χ0n) is 55.7. The van der Waals surface area contributed by atoms with E-state index in [0.29, 0.717) is 5.56 Å². The lowest BCUT2D eigenvalue weighted by molar-refractivity contribution is -0.139. The van der Waals surface area contributed by atoms with Crippen molar-refractivity contribution >= 4 is 35.2 Å². The van der Waals surface area contributed by atoms with Gasteiger partial charge in [0, 0.05) is 22.0 Å². The van der Waals surface area contributed by atoms with Crippen molar-refractivity contribution in [3.63, 3.8) is 0 Å². The standard InChI is InChI=1S/C39H49FO3Si.C36H53BO3Si/c1-9-39(10-2,34-18-19-35(29(4)25-34)31-14-15-32(36(40)26-31)27-37(41)42-5)33-17-16-30(28(3)24-33)20-23-38(43-44(6,7)8)21-12-11-13-22-38;1-12-36(13-2,31-19-20-32(28(4)26-31)37-38-33(5,6)34(7,8)39-37)30-18-17-29(27(3)25-30)21-24-35(40-41(9,10)11)22-15-14-16-23-35/h14-19,24-26H,9-13,21-22,27H2,1-8H3;17-20,25-26H,12-16,22-23H2,1-11H3. The SMILES string of the molecule is CCC(CC)(c1ccc(C#CC2(O[Si](C)(C)C)CCCCC2)c(C)c1)c1ccc(-c2ccc(CC(=O)OC)c(F)c2)c(C)c1.CCC(CC)(c1ccc(C#CC2(O[Si](C)(C)C)CCCCC2)c(C)c1)c1ccc(B2OC(C)(C)C(C)(C)O2)c(C)c1. The molecule has 3 fully saturated rings. The number of esters is 1. The molecule has 456 valence electrons. The molecule has 0 bridgehead atoms. The predicted molar refractivity (Wildman–Crippen MR) is 359 cm³/mol. The number of hydrogen-bond acceptors (Lipinski definition) is 6. The summed E-state index contributed by atoms with van der Waals surface area (Å²) in [6.45, 7) is 39.9. The average Bonchev–Trinajstić information content (AvgIpc) is 2.32. The molecule has 8 rings (SSSR count). The summed E-state index contributed by atoms with van der Waals surface area (Å²) in [6, 6.07) is 32.2. The minimum Gasteiger partial charge on any atom is -0.469 e. The van der Waals surface area contributed by atoms with Crippen LogP contribution in [0.5, 0.6) is 0 Å². The van der Waals surface area contributed by atoms with Gasteiger partial charge in [-0.25, -0.2) is 4.39 Å². The number of hydrogen-bond donors (Lipinski definition) is 0. The van der Waals surface area contributed by atoms with Gasteiger partial charge >= 0.3 is 13.1 Å². The van der Waals surface area contributed by atoms with E-state index in [-0.39, 0.29) is 46.8 Å². The fourth-order valence-electron chi connectivity index (χ4n) is 13.5. The van der Waals surface area contributed by atoms with E-state index in [9.17, 15) is 9.18 Å². The molecule has 0 atom stereocenters. The van der Waals surface area contributed by atoms with Gasteiger partial charge in [0.2, 0.25) is 0 Å². The monoisotopic (exact) mass is 1180 g/mol. The topological polar surface area (TPSA) is 63.2 Å². The zero-order chi connectivity index (χ0) is 62.4. The number of carbonyl (C=O) groups is 1. The molecule has 0 aromatic heterocycles. The number of methoxy groups -OCH3 is 1. The second kappa shape index (κ2) is 27.1. The normalized spacial score (nSPS) is 17.4. The summed E-state index contributed by atoms with van der Waals surface area (Å²) in [5.74, 6) is 13.6. The molecule has 0 spiro atoms. The van der Waals surface area contributed by atoms with Gasteiger partial charge in [0.25, 0.3) is 0 Å². The molecular weight excluding hydrogens is 1080 g/mol. The number of benzene rings is 5. The van der Waals surface area contributed by atoms with Crippen LogP contribution in [0.2, 0.25) is 39.3 Å². The molecule has 2 aliphatic carbocycles. The van der Waals surface area contributed by atoms with Gasteiger partial charge < -0.3 is 22.9 Å². The van der Waals surface area contributed by atoms with Crippen LogP contribution >= 0.6 is 0 Å². The molecule has 1 saturated heterocycles. The Balaban J connectivity index is 0.000000244. The Morgan fingerprint density at radius 2 is 0.953 bits per heavy atom. The molecule has 10 heteroatoms. The molecule has 5 aromatic carbocycles. The van der Waals surface area contributed by atoms with E-state index in [2.05, 4.69) is 219 Å². The first kappa shape index (κ1) is 67.5. The highest BCUT2D eigenvalue weighted by atomic mass is 28.4. The predicted octanol–water partition coefficient (Wildman–Crippen LogP) is 18.5. The fraction of sp³-hybridized carbons (Fsp3) is 0.533. The summed E-state index contributed by atoms with van der Waals surface area (Å²) < 4.78 is 45.8. The van der Waals surface area contributed by atoms with E-state index in [4.69, 9.17) is 22.9 Å². The number of ether oxygens (including phenoxy) is 1. The highest BCUT2D eigenvalue weighted by Gasteiger charge is 2.52. The Hall–Kier alpha value is -5.04. The number of aryl methyl sites for hydroxylation is 4. The van der Waals surface area contributed by atoms with Crippen LogP contribution in [0.4, 0.5) is 4.39 Å². The first-order valence-electron chi connectivity index (χ1n) is 32.0. The third-order valence-corrected chi connectivity index (χ3v) is 21.2. The maximum atomic E-state index is 14.9. The smallest absolute Gasteiger partial charge is 0.469 e. The first-order valence-corrected chi connectivity index (χ1v) is 38.9. The molecule has 6 nitrogen and oxygen atoms in total. The highest BCUT2D eigenvalue weighted by molar-refractivity contribution is 6.70. The molecule has 2 saturated carbocycles. The lowest BCUT2D eigenvalue weighted by Gasteiger charge is -2.38. The Bertz CT molecular complexity index is 3270. The van der Waals surface area contributed by atoms with Gasteiger partial charge in [-0.3, -0.25) is 4.79 Å². The van der Waals surface area contributed by atoms with E-state index < -0.39 is 28.4 Å². The lowest BCUT2D eigenvalue weighted by Crippen LogP contribution is -2.43. The second-order valence-corrected chi connectivity index (χ2v) is 36.8. The van der Waals surface area contributed by atoms with Gasteiger partial charge in [-0.1, -0.05) is 143 Å². The summed E-state index contributed by atoms with van der Waals surface area (Å²) in [7, 11) is -2.46. The fourth-order valence-corrected chi connectivity index (χ4v) is 16.4. The summed E-state index contributed by atoms with van der Waals surface area (Å²) >= 11 is 0. The summed E-state index contributed by atoms with van der Waals surface area (Å²) in [4.78, 5) is 11.6. The van der Waals surface area contributed by atoms with Gasteiger partial charge in [-0.05, 0) is 251 Å². The quantitative estimate of drug-likeness (QED) is 0.0557. The van der Waals surface area contributed by atoms with E-state index in [0.717, 1.165) is 84.6 Å². The first-order chi connectivity index (χ1) is 39.9. The Morgan fingerprint density at radius 3 is 1.32 bits per heavy atom. The van der Waals surface area contributed by atoms with Crippen LogP contribution in [0.1, 0.15) is 206 Å². The van der Waals surface area contributed by atoms with Crippen LogP contribution in [-0.4, -0.2) is 59.2 Å². The highest BCUT2D eigenvalue weighted by Crippen LogP contribution is 2.44. The van der Waals surface area contributed by atoms with Crippen molar-refractivity contribution in [2.24, 2.45) is 0 Å². The maximum Gasteiger partial charge on any atom is 0.495 e. The molecule has 3 aliphatic rings. The maximum absolute atomic E-state index is 14.9. The summed E-state index contributed by atoms with van der Waals surface area (Å²) in [6.07, 6.45) is 15.4. The number of halogens is 1. The molecule has 0 radical (unpaired) electrons. The van der Waals surface area contributed by atoms with Crippen molar-refractivity contribution in [1.82, 2.24) is 0 Å². The largest absolute Gasteiger partial charge is 0.495 e. The van der Waals surface area contributed by atoms with E-state index >= 15 is 0 Å². The van der Waals surface area contributed by atoms with E-state index in [1.807, 2.05) is 6.07 Å². The molecule has 1 heterocycles. The lowest BCUT2D eigenvalue weighted by atomic mass is 9.68. The van der Waals surface area contributed by atoms with Gasteiger partial charge in [0.1, 0.15) is 17.0 Å². The van der Waals surface area contributed by atoms with Crippen LogP contribution in [0, 0.1) is 57.2 Å². The van der Waals surface area contributed by atoms with Crippen molar-refractivity contribution in [3.05, 3.63) is 158 Å². The molecule has 0 N–H and O–H groups in total. The van der Waals surface area contributed by atoms with Gasteiger partial charge in [-0.15, -0.1) is 0 Å². The Morgan fingerprint density at radius 1 is 0.553 bits per heavy atom. The van der Waals surface area contributed by atoms with Crippen molar-refractivity contribution < 1.29 is 32.1 Å². The minimum absolute atomic E-state index is 0.0680. The van der Waals surface area contributed by atoms with Crippen molar-refractivity contribution in [1.29, 1.82) is 0 Å². The zero-order valence-corrected chi connectivity index (χ0v) is 57.7. The van der Waals surface area contributed by atoms with E-state index in [1.54, 1.807) is 6.07 Å². The van der Waals surface area contributed by atoms with Crippen LogP contribution in [-0.2, 0) is 44.9 Å². The third kappa shape index (κ3) is 15.6. The van der Waals surface area contributed by atoms with Gasteiger partial charge in [-0.2, -0.15) is 0 Å². The van der Waals surface area contributed by atoms with Crippen LogP contribution < -0.4 is 5.46 Å². The number of rotatable bonds is 16. The van der Waals surface area contributed by atoms with Crippen LogP contribution in [0.25, 0.3) is 11.1 Å². The molecule has 85 heavy (non-hydrogen) atoms. The molecule has 1 aliphatic heterocycles. The Labute approximate surface area is 516 Å². The molecular formula is C75H102BFO6Si2. The molecule has 0 amide bonds. The minimum atomic E-state index is -1.73. The van der Waals surface area contributed by atoms with E-state index in [1.165, 1.54) is 90.6 Å². The van der Waals surface area contributed by atoms with Gasteiger partial charge in [0.05, 0.1) is 24.7 Å². The van der Waals surface area contributed by atoms with Crippen molar-refractivity contribution in [2.45, 2.75) is 252 Å². The number of carbonyl (C=O) groups excluding carboxylic acids is 1. The van der Waals surface area contributed by atoms with Crippen molar-refractivity contribution in [3.8, 4) is 34.8 Å². The van der Waals surface area contributed by atoms with Crippen LogP contribution in [0.3, 0.4) is 0 Å². The molecule has 5 aromatic rings. The average molecular weight is 1190 g/mol. The molecule has 0 unspecified atom stereocenters. The van der Waals surface area contributed by atoms with Gasteiger partial charge in [0.15, 0.2) is 16.6 Å². The summed E-state index contributed by atoms with van der Waals surface area (Å²) in [5, 5.41) is 0.